The zero-order chi connectivity index (χ0) is 24.9. The minimum Gasteiger partial charge on any atom is -0.484 e. The van der Waals surface area contributed by atoms with Crippen LogP contribution in [0.3, 0.4) is 0 Å². The summed E-state index contributed by atoms with van der Waals surface area (Å²) in [7, 11) is -4.23. The molecule has 0 fully saturated rings. The molecule has 2 N–H and O–H groups in total. The minimum absolute atomic E-state index is 0.137. The maximum Gasteiger partial charge on any atom is 0.416 e. The summed E-state index contributed by atoms with van der Waals surface area (Å²) in [5, 5.41) is 2.48. The summed E-state index contributed by atoms with van der Waals surface area (Å²) < 4.78 is 71.4. The van der Waals surface area contributed by atoms with E-state index in [9.17, 15) is 31.2 Å². The maximum absolute atomic E-state index is 12.9. The maximum atomic E-state index is 12.9. The van der Waals surface area contributed by atoms with Crippen LogP contribution in [0.15, 0.2) is 77.7 Å². The number of hydrogen-bond donors (Lipinski definition) is 2. The second-order valence-electron chi connectivity index (χ2n) is 7.13. The number of ketones is 1. The van der Waals surface area contributed by atoms with Gasteiger partial charge in [0.1, 0.15) is 5.75 Å². The Morgan fingerprint density at radius 2 is 1.59 bits per heavy atom. The SMILES string of the molecule is CC(=O)c1cccc(OCC(=O)Nc2cccc(S(=O)(=O)Nc3cccc(C(F)(F)F)c3)c2)c1. The fraction of sp³-hybridized carbons (Fsp3) is 0.130. The third-order valence-electron chi connectivity index (χ3n) is 4.48. The molecular weight excluding hydrogens is 473 g/mol. The first kappa shape index (κ1) is 24.8. The minimum atomic E-state index is -4.62. The number of amides is 1. The van der Waals surface area contributed by atoms with Gasteiger partial charge >= 0.3 is 6.18 Å². The summed E-state index contributed by atoms with van der Waals surface area (Å²) in [6, 6.07) is 15.3. The first-order chi connectivity index (χ1) is 15.9. The van der Waals surface area contributed by atoms with Crippen LogP contribution in [-0.4, -0.2) is 26.7 Å². The van der Waals surface area contributed by atoms with E-state index in [-0.39, 0.29) is 22.1 Å². The quantitative estimate of drug-likeness (QED) is 0.443. The molecule has 34 heavy (non-hydrogen) atoms. The summed E-state index contributed by atoms with van der Waals surface area (Å²) >= 11 is 0. The Kier molecular flexibility index (Phi) is 7.26. The van der Waals surface area contributed by atoms with Crippen LogP contribution in [0.1, 0.15) is 22.8 Å². The van der Waals surface area contributed by atoms with Crippen LogP contribution in [-0.2, 0) is 21.0 Å². The Morgan fingerprint density at radius 3 is 2.29 bits per heavy atom. The molecule has 0 atom stereocenters. The van der Waals surface area contributed by atoms with E-state index in [4.69, 9.17) is 4.74 Å². The molecule has 0 radical (unpaired) electrons. The smallest absolute Gasteiger partial charge is 0.416 e. The highest BCUT2D eigenvalue weighted by atomic mass is 32.2. The number of anilines is 2. The van der Waals surface area contributed by atoms with Gasteiger partial charge in [-0.1, -0.05) is 24.3 Å². The lowest BCUT2D eigenvalue weighted by Crippen LogP contribution is -2.20. The van der Waals surface area contributed by atoms with Crippen molar-refractivity contribution in [2.24, 2.45) is 0 Å². The Bertz CT molecular complexity index is 1320. The summed E-state index contributed by atoms with van der Waals surface area (Å²) in [6.45, 7) is 0.996. The lowest BCUT2D eigenvalue weighted by molar-refractivity contribution is -0.137. The number of ether oxygens (including phenoxy) is 1. The second kappa shape index (κ2) is 9.96. The van der Waals surface area contributed by atoms with Gasteiger partial charge in [0.15, 0.2) is 12.4 Å². The first-order valence-corrected chi connectivity index (χ1v) is 11.3. The lowest BCUT2D eigenvalue weighted by Gasteiger charge is -2.12. The standard InChI is InChI=1S/C23H19F3N2O5S/c1-15(29)16-5-2-9-20(11-16)33-14-22(30)27-18-7-4-10-21(13-18)34(31,32)28-19-8-3-6-17(12-19)23(24,25)26/h2-13,28H,14H2,1H3,(H,27,30). The van der Waals surface area contributed by atoms with Gasteiger partial charge in [0.25, 0.3) is 15.9 Å². The first-order valence-electron chi connectivity index (χ1n) is 9.78. The predicted octanol–water partition coefficient (Wildman–Crippen LogP) is 4.73. The van der Waals surface area contributed by atoms with Crippen molar-refractivity contribution in [2.75, 3.05) is 16.6 Å². The molecule has 0 heterocycles. The van der Waals surface area contributed by atoms with Crippen molar-refractivity contribution < 1.29 is 35.9 Å². The molecule has 7 nitrogen and oxygen atoms in total. The highest BCUT2D eigenvalue weighted by Crippen LogP contribution is 2.31. The van der Waals surface area contributed by atoms with Crippen LogP contribution in [0.25, 0.3) is 0 Å². The van der Waals surface area contributed by atoms with E-state index in [1.807, 2.05) is 0 Å². The molecule has 178 valence electrons. The van der Waals surface area contributed by atoms with Gasteiger partial charge < -0.3 is 10.1 Å². The predicted molar refractivity (Wildman–Crippen MR) is 119 cm³/mol. The number of benzene rings is 3. The van der Waals surface area contributed by atoms with Crippen LogP contribution in [0.4, 0.5) is 24.5 Å². The van der Waals surface area contributed by atoms with E-state index >= 15 is 0 Å². The van der Waals surface area contributed by atoms with Crippen molar-refractivity contribution in [3.63, 3.8) is 0 Å². The van der Waals surface area contributed by atoms with Crippen molar-refractivity contribution in [1.29, 1.82) is 0 Å². The van der Waals surface area contributed by atoms with Crippen LogP contribution < -0.4 is 14.8 Å². The largest absolute Gasteiger partial charge is 0.484 e. The highest BCUT2D eigenvalue weighted by Gasteiger charge is 2.30. The fourth-order valence-electron chi connectivity index (χ4n) is 2.86. The third kappa shape index (κ3) is 6.58. The van der Waals surface area contributed by atoms with E-state index < -0.39 is 34.3 Å². The number of alkyl halides is 3. The molecule has 0 saturated carbocycles. The summed E-state index contributed by atoms with van der Waals surface area (Å²) in [6.07, 6.45) is -4.62. The van der Waals surface area contributed by atoms with Gasteiger partial charge in [0.2, 0.25) is 0 Å². The van der Waals surface area contributed by atoms with E-state index in [0.717, 1.165) is 18.2 Å². The molecule has 11 heteroatoms. The molecule has 0 aliphatic rings. The van der Waals surface area contributed by atoms with Crippen LogP contribution in [0.2, 0.25) is 0 Å². The fourth-order valence-corrected chi connectivity index (χ4v) is 3.96. The molecule has 1 amide bonds. The van der Waals surface area contributed by atoms with Crippen molar-refractivity contribution in [1.82, 2.24) is 0 Å². The number of nitrogens with one attached hydrogen (secondary N) is 2. The Morgan fingerprint density at radius 1 is 0.912 bits per heavy atom. The highest BCUT2D eigenvalue weighted by molar-refractivity contribution is 7.92. The Hall–Kier alpha value is -3.86. The molecule has 0 aromatic heterocycles. The van der Waals surface area contributed by atoms with E-state index in [1.165, 1.54) is 37.3 Å². The van der Waals surface area contributed by atoms with Gasteiger partial charge in [0.05, 0.1) is 10.5 Å². The number of carbonyl (C=O) groups excluding carboxylic acids is 2. The summed E-state index contributed by atoms with van der Waals surface area (Å²) in [5.41, 5.74) is -0.699. The molecule has 3 rings (SSSR count). The number of carbonyl (C=O) groups is 2. The van der Waals surface area contributed by atoms with Crippen molar-refractivity contribution in [3.8, 4) is 5.75 Å². The number of rotatable bonds is 8. The van der Waals surface area contributed by atoms with Gasteiger partial charge in [-0.15, -0.1) is 0 Å². The third-order valence-corrected chi connectivity index (χ3v) is 5.86. The van der Waals surface area contributed by atoms with Crippen LogP contribution in [0.5, 0.6) is 5.75 Å². The average molecular weight is 492 g/mol. The summed E-state index contributed by atoms with van der Waals surface area (Å²) in [5.74, 6) is -0.440. The number of hydrogen-bond acceptors (Lipinski definition) is 5. The molecule has 3 aromatic rings. The van der Waals surface area contributed by atoms with E-state index in [2.05, 4.69) is 10.0 Å². The molecule has 0 unspecified atom stereocenters. The van der Waals surface area contributed by atoms with Gasteiger partial charge in [-0.2, -0.15) is 13.2 Å². The van der Waals surface area contributed by atoms with E-state index in [1.54, 1.807) is 18.2 Å². The monoisotopic (exact) mass is 492 g/mol. The molecule has 0 aliphatic heterocycles. The average Bonchev–Trinajstić information content (AvgIpc) is 2.77. The summed E-state index contributed by atoms with van der Waals surface area (Å²) in [4.78, 5) is 23.4. The number of halogens is 3. The van der Waals surface area contributed by atoms with Crippen LogP contribution in [0, 0.1) is 0 Å². The number of sulfonamides is 1. The molecular formula is C23H19F3N2O5S. The van der Waals surface area contributed by atoms with Crippen LogP contribution >= 0.6 is 0 Å². The Balaban J connectivity index is 1.67. The molecule has 0 saturated heterocycles. The molecule has 0 aliphatic carbocycles. The molecule has 0 spiro atoms. The zero-order valence-corrected chi connectivity index (χ0v) is 18.5. The van der Waals surface area contributed by atoms with Gasteiger partial charge in [-0.3, -0.25) is 14.3 Å². The topological polar surface area (TPSA) is 102 Å². The van der Waals surface area contributed by atoms with Crippen molar-refractivity contribution >= 4 is 33.1 Å². The normalized spacial score (nSPS) is 11.5. The zero-order valence-electron chi connectivity index (χ0n) is 17.7. The van der Waals surface area contributed by atoms with Crippen molar-refractivity contribution in [2.45, 2.75) is 18.0 Å². The van der Waals surface area contributed by atoms with Gasteiger partial charge in [-0.25, -0.2) is 8.42 Å². The van der Waals surface area contributed by atoms with E-state index in [0.29, 0.717) is 17.4 Å². The lowest BCUT2D eigenvalue weighted by atomic mass is 10.1. The van der Waals surface area contributed by atoms with Crippen molar-refractivity contribution in [3.05, 3.63) is 83.9 Å². The Labute approximate surface area is 193 Å². The molecule has 0 bridgehead atoms. The number of Topliss-reactive ketones (excluding diaryl/α,β-unsaturated/α-hetero) is 1. The van der Waals surface area contributed by atoms with Gasteiger partial charge in [-0.05, 0) is 55.5 Å². The van der Waals surface area contributed by atoms with Gasteiger partial charge in [0, 0.05) is 16.9 Å². The second-order valence-corrected chi connectivity index (χ2v) is 8.82. The molecule has 3 aromatic carbocycles.